The number of nitro benzene ring substituents is 1. The average molecular weight is 275 g/mol. The Bertz CT molecular complexity index is 430. The number of nitrogens with zero attached hydrogens (tertiary/aromatic N) is 1. The Balaban J connectivity index is 2.53. The second-order valence-electron chi connectivity index (χ2n) is 3.67. The highest BCUT2D eigenvalue weighted by atomic mass is 19.3. The normalized spacial score (nSPS) is 10.5. The molecule has 106 valence electrons. The lowest BCUT2D eigenvalue weighted by Crippen LogP contribution is -2.13. The van der Waals surface area contributed by atoms with Gasteiger partial charge in [0.2, 0.25) is 0 Å². The van der Waals surface area contributed by atoms with Crippen LogP contribution < -0.4 is 10.6 Å². The molecule has 6 nitrogen and oxygen atoms in total. The summed E-state index contributed by atoms with van der Waals surface area (Å²) in [4.78, 5) is 10.2. The summed E-state index contributed by atoms with van der Waals surface area (Å²) in [7, 11) is 1.65. The Morgan fingerprint density at radius 2 is 2.05 bits per heavy atom. The lowest BCUT2D eigenvalue weighted by molar-refractivity contribution is -0.384. The van der Waals surface area contributed by atoms with E-state index in [1.165, 1.54) is 12.1 Å². The predicted octanol–water partition coefficient (Wildman–Crippen LogP) is 2.33. The lowest BCUT2D eigenvalue weighted by atomic mass is 10.2. The van der Waals surface area contributed by atoms with Crippen LogP contribution in [0.4, 0.5) is 25.8 Å². The molecule has 0 aliphatic carbocycles. The molecule has 0 heterocycles. The van der Waals surface area contributed by atoms with Crippen molar-refractivity contribution in [2.75, 3.05) is 37.4 Å². The number of non-ortho nitro benzene ring substituents is 1. The van der Waals surface area contributed by atoms with E-state index in [-0.39, 0.29) is 18.8 Å². The molecule has 0 aliphatic heterocycles. The Hall–Kier alpha value is -1.96. The average Bonchev–Trinajstić information content (AvgIpc) is 2.37. The first-order valence-electron chi connectivity index (χ1n) is 5.60. The van der Waals surface area contributed by atoms with Crippen LogP contribution >= 0.6 is 0 Å². The van der Waals surface area contributed by atoms with Gasteiger partial charge in [-0.05, 0) is 6.07 Å². The van der Waals surface area contributed by atoms with Gasteiger partial charge in [0.05, 0.1) is 11.5 Å². The molecule has 0 saturated carbocycles. The third kappa shape index (κ3) is 5.47. The van der Waals surface area contributed by atoms with Crippen LogP contribution in [-0.4, -0.2) is 38.2 Å². The van der Waals surface area contributed by atoms with Gasteiger partial charge in [0.25, 0.3) is 12.1 Å². The van der Waals surface area contributed by atoms with E-state index in [0.717, 1.165) is 0 Å². The molecule has 0 fully saturated rings. The van der Waals surface area contributed by atoms with E-state index in [2.05, 4.69) is 15.4 Å². The maximum atomic E-state index is 11.8. The molecule has 0 saturated heterocycles. The highest BCUT2D eigenvalue weighted by Gasteiger charge is 2.09. The van der Waals surface area contributed by atoms with Crippen LogP contribution in [0, 0.1) is 10.1 Å². The number of anilines is 2. The molecule has 8 heteroatoms. The molecule has 0 aromatic heterocycles. The summed E-state index contributed by atoms with van der Waals surface area (Å²) in [6.07, 6.45) is -2.49. The van der Waals surface area contributed by atoms with Crippen LogP contribution in [0.1, 0.15) is 0 Å². The van der Waals surface area contributed by atoms with Crippen molar-refractivity contribution >= 4 is 17.1 Å². The van der Waals surface area contributed by atoms with Gasteiger partial charge in [-0.25, -0.2) is 8.78 Å². The molecule has 0 aliphatic rings. The Labute approximate surface area is 108 Å². The zero-order valence-corrected chi connectivity index (χ0v) is 10.4. The van der Waals surface area contributed by atoms with Crippen molar-refractivity contribution in [1.82, 2.24) is 0 Å². The first-order valence-corrected chi connectivity index (χ1v) is 5.60. The number of hydrogen-bond donors (Lipinski definition) is 2. The monoisotopic (exact) mass is 275 g/mol. The minimum Gasteiger partial charge on any atom is -0.388 e. The first-order chi connectivity index (χ1) is 9.02. The van der Waals surface area contributed by atoms with Gasteiger partial charge in [-0.3, -0.25) is 10.1 Å². The van der Waals surface area contributed by atoms with Gasteiger partial charge in [0.1, 0.15) is 6.61 Å². The van der Waals surface area contributed by atoms with Crippen LogP contribution in [0.3, 0.4) is 0 Å². The summed E-state index contributed by atoms with van der Waals surface area (Å²) in [6.45, 7) is -0.225. The molecule has 0 spiro atoms. The summed E-state index contributed by atoms with van der Waals surface area (Å²) in [5.41, 5.74) is 1.06. The molecule has 1 aromatic rings. The number of nitro groups is 1. The van der Waals surface area contributed by atoms with E-state index in [0.29, 0.717) is 11.4 Å². The van der Waals surface area contributed by atoms with Crippen molar-refractivity contribution in [2.24, 2.45) is 0 Å². The van der Waals surface area contributed by atoms with Crippen molar-refractivity contribution in [1.29, 1.82) is 0 Å². The minimum absolute atomic E-state index is 0.0529. The van der Waals surface area contributed by atoms with Gasteiger partial charge in [-0.2, -0.15) is 0 Å². The number of alkyl halides is 2. The van der Waals surface area contributed by atoms with Gasteiger partial charge in [0, 0.05) is 37.1 Å². The van der Waals surface area contributed by atoms with Crippen molar-refractivity contribution in [3.8, 4) is 0 Å². The van der Waals surface area contributed by atoms with Crippen molar-refractivity contribution < 1.29 is 18.4 Å². The second-order valence-corrected chi connectivity index (χ2v) is 3.67. The second kappa shape index (κ2) is 7.47. The first kappa shape index (κ1) is 15.1. The van der Waals surface area contributed by atoms with Crippen LogP contribution in [0.2, 0.25) is 0 Å². The molecule has 1 rings (SSSR count). The molecular weight excluding hydrogens is 260 g/mol. The third-order valence-corrected chi connectivity index (χ3v) is 2.24. The Morgan fingerprint density at radius 1 is 1.37 bits per heavy atom. The maximum absolute atomic E-state index is 11.8. The summed E-state index contributed by atoms with van der Waals surface area (Å²) in [6, 6.07) is 4.45. The molecule has 0 bridgehead atoms. The quantitative estimate of drug-likeness (QED) is 0.432. The fourth-order valence-electron chi connectivity index (χ4n) is 1.40. The van der Waals surface area contributed by atoms with Gasteiger partial charge < -0.3 is 15.4 Å². The molecule has 0 amide bonds. The van der Waals surface area contributed by atoms with Crippen LogP contribution in [0.25, 0.3) is 0 Å². The number of hydrogen-bond acceptors (Lipinski definition) is 5. The molecule has 0 radical (unpaired) electrons. The highest BCUT2D eigenvalue weighted by Crippen LogP contribution is 2.23. The topological polar surface area (TPSA) is 76.4 Å². The van der Waals surface area contributed by atoms with E-state index < -0.39 is 18.0 Å². The fraction of sp³-hybridized carbons (Fsp3) is 0.455. The van der Waals surface area contributed by atoms with Crippen molar-refractivity contribution in [3.63, 3.8) is 0 Å². The Kier molecular flexibility index (Phi) is 5.94. The number of ether oxygens (including phenoxy) is 1. The van der Waals surface area contributed by atoms with Crippen LogP contribution in [-0.2, 0) is 4.74 Å². The number of rotatable bonds is 8. The van der Waals surface area contributed by atoms with Crippen molar-refractivity contribution in [3.05, 3.63) is 28.3 Å². The van der Waals surface area contributed by atoms with E-state index in [9.17, 15) is 18.9 Å². The zero-order chi connectivity index (χ0) is 14.3. The standard InChI is InChI=1S/C11H15F2N3O3/c1-14-8-4-9(6-10(5-8)16(17)18)15-2-3-19-7-11(12)13/h4-6,11,14-15H,2-3,7H2,1H3. The largest absolute Gasteiger partial charge is 0.388 e. The van der Waals surface area contributed by atoms with Crippen molar-refractivity contribution in [2.45, 2.75) is 6.43 Å². The van der Waals surface area contributed by atoms with Crippen LogP contribution in [0.5, 0.6) is 0 Å². The molecular formula is C11H15F2N3O3. The van der Waals surface area contributed by atoms with E-state index >= 15 is 0 Å². The predicted molar refractivity (Wildman–Crippen MR) is 68.0 cm³/mol. The summed E-state index contributed by atoms with van der Waals surface area (Å²) < 4.78 is 28.3. The smallest absolute Gasteiger partial charge is 0.273 e. The van der Waals surface area contributed by atoms with Gasteiger partial charge in [0.15, 0.2) is 0 Å². The van der Waals surface area contributed by atoms with Gasteiger partial charge in [-0.1, -0.05) is 0 Å². The summed E-state index contributed by atoms with van der Waals surface area (Å²) in [5.74, 6) is 0. The molecule has 1 aromatic carbocycles. The summed E-state index contributed by atoms with van der Waals surface area (Å²) in [5, 5.41) is 16.4. The van der Waals surface area contributed by atoms with Crippen LogP contribution in [0.15, 0.2) is 18.2 Å². The third-order valence-electron chi connectivity index (χ3n) is 2.24. The highest BCUT2D eigenvalue weighted by molar-refractivity contribution is 5.63. The maximum Gasteiger partial charge on any atom is 0.273 e. The minimum atomic E-state index is -2.49. The molecule has 0 unspecified atom stereocenters. The summed E-state index contributed by atoms with van der Waals surface area (Å²) >= 11 is 0. The molecule has 0 atom stereocenters. The Morgan fingerprint density at radius 3 is 2.63 bits per heavy atom. The zero-order valence-electron chi connectivity index (χ0n) is 10.4. The number of benzene rings is 1. The lowest BCUT2D eigenvalue weighted by Gasteiger charge is -2.09. The molecule has 19 heavy (non-hydrogen) atoms. The van der Waals surface area contributed by atoms with Gasteiger partial charge in [-0.15, -0.1) is 0 Å². The van der Waals surface area contributed by atoms with E-state index in [4.69, 9.17) is 0 Å². The fourth-order valence-corrected chi connectivity index (χ4v) is 1.40. The molecule has 2 N–H and O–H groups in total. The number of halogens is 2. The van der Waals surface area contributed by atoms with E-state index in [1.807, 2.05) is 0 Å². The van der Waals surface area contributed by atoms with Gasteiger partial charge >= 0.3 is 0 Å². The number of nitrogens with one attached hydrogen (secondary N) is 2. The SMILES string of the molecule is CNc1cc(NCCOCC(F)F)cc([N+](=O)[O-])c1. The van der Waals surface area contributed by atoms with E-state index in [1.54, 1.807) is 13.1 Å².